The predicted molar refractivity (Wildman–Crippen MR) is 93.1 cm³/mol. The number of carbonyl (C=O) groups is 1. The number of hydrogen-bond donors (Lipinski definition) is 2. The Balaban J connectivity index is 1.42. The zero-order chi connectivity index (χ0) is 16.5. The second kappa shape index (κ2) is 6.18. The summed E-state index contributed by atoms with van der Waals surface area (Å²) in [5.41, 5.74) is 1.72. The van der Waals surface area contributed by atoms with Gasteiger partial charge in [0, 0.05) is 23.7 Å². The number of anilines is 1. The Bertz CT molecular complexity index is 870. The van der Waals surface area contributed by atoms with Crippen molar-refractivity contribution in [3.8, 4) is 11.5 Å². The van der Waals surface area contributed by atoms with Crippen molar-refractivity contribution in [2.45, 2.75) is 6.54 Å². The summed E-state index contributed by atoms with van der Waals surface area (Å²) in [6.07, 6.45) is 0. The summed E-state index contributed by atoms with van der Waals surface area (Å²) in [5, 5.41) is 6.70. The van der Waals surface area contributed by atoms with Crippen LogP contribution in [0.2, 0.25) is 5.02 Å². The van der Waals surface area contributed by atoms with Crippen molar-refractivity contribution >= 4 is 44.3 Å². The van der Waals surface area contributed by atoms with E-state index in [1.807, 2.05) is 24.3 Å². The van der Waals surface area contributed by atoms with Gasteiger partial charge in [-0.1, -0.05) is 35.1 Å². The van der Waals surface area contributed by atoms with E-state index in [9.17, 15) is 4.79 Å². The second-order valence-corrected chi connectivity index (χ2v) is 6.59. The predicted octanol–water partition coefficient (Wildman–Crippen LogP) is 4.00. The van der Waals surface area contributed by atoms with Crippen molar-refractivity contribution in [3.05, 3.63) is 47.0 Å². The highest BCUT2D eigenvalue weighted by molar-refractivity contribution is 7.22. The number of halogens is 1. The summed E-state index contributed by atoms with van der Waals surface area (Å²) in [7, 11) is 0. The molecule has 122 valence electrons. The minimum Gasteiger partial charge on any atom is -0.454 e. The van der Waals surface area contributed by atoms with Crippen LogP contribution in [0.3, 0.4) is 0 Å². The third kappa shape index (κ3) is 3.08. The third-order valence-corrected chi connectivity index (χ3v) is 4.66. The molecule has 0 aliphatic carbocycles. The molecular formula is C16H12ClN3O3S. The molecule has 2 aromatic carbocycles. The quantitative estimate of drug-likeness (QED) is 0.739. The third-order valence-electron chi connectivity index (χ3n) is 3.47. The van der Waals surface area contributed by atoms with Gasteiger partial charge in [0.15, 0.2) is 16.6 Å². The molecule has 2 N–H and O–H groups in total. The van der Waals surface area contributed by atoms with Gasteiger partial charge < -0.3 is 14.8 Å². The maximum atomic E-state index is 12.0. The molecule has 1 aliphatic heterocycles. The van der Waals surface area contributed by atoms with Gasteiger partial charge in [0.2, 0.25) is 6.79 Å². The summed E-state index contributed by atoms with van der Waals surface area (Å²) in [6.45, 7) is 0.634. The number of rotatable bonds is 3. The molecule has 0 fully saturated rings. The number of fused-ring (bicyclic) bond motifs is 2. The van der Waals surface area contributed by atoms with Crippen LogP contribution >= 0.6 is 22.9 Å². The first-order valence-corrected chi connectivity index (χ1v) is 8.36. The first-order chi connectivity index (χ1) is 11.7. The molecule has 0 unspecified atom stereocenters. The molecule has 2 heterocycles. The number of urea groups is 1. The molecule has 1 aromatic heterocycles. The number of thiazole rings is 1. The molecule has 1 aliphatic rings. The number of amides is 2. The van der Waals surface area contributed by atoms with E-state index < -0.39 is 0 Å². The second-order valence-electron chi connectivity index (χ2n) is 5.13. The number of nitrogens with one attached hydrogen (secondary N) is 2. The summed E-state index contributed by atoms with van der Waals surface area (Å²) < 4.78 is 11.6. The first-order valence-electron chi connectivity index (χ1n) is 7.17. The van der Waals surface area contributed by atoms with E-state index >= 15 is 0 Å². The number of aromatic nitrogens is 1. The molecule has 6 nitrogen and oxygen atoms in total. The fraction of sp³-hybridized carbons (Fsp3) is 0.125. The summed E-state index contributed by atoms with van der Waals surface area (Å²) in [5.74, 6) is 1.37. The molecule has 2 amide bonds. The van der Waals surface area contributed by atoms with E-state index in [0.29, 0.717) is 28.2 Å². The highest BCUT2D eigenvalue weighted by atomic mass is 35.5. The molecular weight excluding hydrogens is 350 g/mol. The Morgan fingerprint density at radius 1 is 1.21 bits per heavy atom. The molecule has 0 atom stereocenters. The highest BCUT2D eigenvalue weighted by Crippen LogP contribution is 2.38. The van der Waals surface area contributed by atoms with E-state index in [-0.39, 0.29) is 12.8 Å². The molecule has 0 saturated heterocycles. The van der Waals surface area contributed by atoms with Crippen molar-refractivity contribution in [1.82, 2.24) is 10.3 Å². The molecule has 4 rings (SSSR count). The van der Waals surface area contributed by atoms with Crippen LogP contribution in [0, 0.1) is 0 Å². The fourth-order valence-electron chi connectivity index (χ4n) is 2.30. The van der Waals surface area contributed by atoms with Gasteiger partial charge in [-0.3, -0.25) is 5.32 Å². The van der Waals surface area contributed by atoms with Gasteiger partial charge in [-0.25, -0.2) is 9.78 Å². The number of carbonyl (C=O) groups excluding carboxylic acids is 1. The van der Waals surface area contributed by atoms with Crippen LogP contribution in [-0.4, -0.2) is 17.8 Å². The maximum Gasteiger partial charge on any atom is 0.321 e. The molecule has 24 heavy (non-hydrogen) atoms. The molecule has 0 bridgehead atoms. The van der Waals surface area contributed by atoms with Crippen molar-refractivity contribution in [3.63, 3.8) is 0 Å². The number of hydrogen-bond acceptors (Lipinski definition) is 5. The number of ether oxygens (including phenoxy) is 2. The Morgan fingerprint density at radius 3 is 2.75 bits per heavy atom. The van der Waals surface area contributed by atoms with E-state index in [1.165, 1.54) is 11.3 Å². The highest BCUT2D eigenvalue weighted by Gasteiger charge is 2.17. The fourth-order valence-corrected chi connectivity index (χ4v) is 3.29. The van der Waals surface area contributed by atoms with Crippen LogP contribution < -0.4 is 20.1 Å². The lowest BCUT2D eigenvalue weighted by molar-refractivity contribution is 0.174. The smallest absolute Gasteiger partial charge is 0.321 e. The first kappa shape index (κ1) is 15.0. The largest absolute Gasteiger partial charge is 0.454 e. The average Bonchev–Trinajstić information content (AvgIpc) is 3.17. The minimum atomic E-state index is -0.316. The van der Waals surface area contributed by atoms with Gasteiger partial charge in [0.05, 0.1) is 10.2 Å². The molecule has 0 saturated carbocycles. The maximum absolute atomic E-state index is 12.0. The molecule has 8 heteroatoms. The monoisotopic (exact) mass is 361 g/mol. The Hall–Kier alpha value is -2.51. The molecule has 0 spiro atoms. The van der Waals surface area contributed by atoms with E-state index in [2.05, 4.69) is 15.6 Å². The van der Waals surface area contributed by atoms with Crippen molar-refractivity contribution in [1.29, 1.82) is 0 Å². The summed E-state index contributed by atoms with van der Waals surface area (Å²) >= 11 is 7.21. The summed E-state index contributed by atoms with van der Waals surface area (Å²) in [6, 6.07) is 10.7. The van der Waals surface area contributed by atoms with Gasteiger partial charge in [-0.2, -0.15) is 0 Å². The van der Waals surface area contributed by atoms with E-state index in [0.717, 1.165) is 15.8 Å². The lowest BCUT2D eigenvalue weighted by Crippen LogP contribution is -2.28. The van der Waals surface area contributed by atoms with Gasteiger partial charge in [0.1, 0.15) is 0 Å². The van der Waals surface area contributed by atoms with Crippen LogP contribution in [0.25, 0.3) is 10.2 Å². The van der Waals surface area contributed by atoms with Gasteiger partial charge >= 0.3 is 6.03 Å². The van der Waals surface area contributed by atoms with E-state index in [4.69, 9.17) is 21.1 Å². The normalized spacial score (nSPS) is 12.4. The minimum absolute atomic E-state index is 0.227. The van der Waals surface area contributed by atoms with Crippen LogP contribution in [-0.2, 0) is 6.54 Å². The SMILES string of the molecule is O=C(NCc1ccc(Cl)cc1)Nc1nc2cc3c(cc2s1)OCO3. The molecule has 3 aromatic rings. The number of nitrogens with zero attached hydrogens (tertiary/aromatic N) is 1. The van der Waals surface area contributed by atoms with E-state index in [1.54, 1.807) is 12.1 Å². The van der Waals surface area contributed by atoms with Crippen LogP contribution in [0.1, 0.15) is 5.56 Å². The van der Waals surface area contributed by atoms with Crippen molar-refractivity contribution in [2.75, 3.05) is 12.1 Å². The number of benzene rings is 2. The lowest BCUT2D eigenvalue weighted by atomic mass is 10.2. The Kier molecular flexibility index (Phi) is 3.87. The van der Waals surface area contributed by atoms with Crippen molar-refractivity contribution in [2.24, 2.45) is 0 Å². The Morgan fingerprint density at radius 2 is 1.96 bits per heavy atom. The van der Waals surface area contributed by atoms with Gasteiger partial charge in [-0.15, -0.1) is 0 Å². The summed E-state index contributed by atoms with van der Waals surface area (Å²) in [4.78, 5) is 16.4. The zero-order valence-electron chi connectivity index (χ0n) is 12.3. The lowest BCUT2D eigenvalue weighted by Gasteiger charge is -2.05. The van der Waals surface area contributed by atoms with Crippen LogP contribution in [0.4, 0.5) is 9.93 Å². The Labute approximate surface area is 146 Å². The standard InChI is InChI=1S/C16H12ClN3O3S/c17-10-3-1-9(2-4-10)7-18-15(21)20-16-19-11-5-12-13(23-8-22-12)6-14(11)24-16/h1-6H,7-8H2,(H2,18,19,20,21). The van der Waals surface area contributed by atoms with Gasteiger partial charge in [0.25, 0.3) is 0 Å². The molecule has 0 radical (unpaired) electrons. The topological polar surface area (TPSA) is 72.5 Å². The van der Waals surface area contributed by atoms with Crippen LogP contribution in [0.5, 0.6) is 11.5 Å². The van der Waals surface area contributed by atoms with Crippen molar-refractivity contribution < 1.29 is 14.3 Å². The van der Waals surface area contributed by atoms with Crippen LogP contribution in [0.15, 0.2) is 36.4 Å². The average molecular weight is 362 g/mol. The zero-order valence-corrected chi connectivity index (χ0v) is 13.9. The van der Waals surface area contributed by atoms with Gasteiger partial charge in [-0.05, 0) is 17.7 Å².